The van der Waals surface area contributed by atoms with Crippen LogP contribution in [0.3, 0.4) is 0 Å². The Hall–Kier alpha value is -0.320. The average molecular weight is 329 g/mol. The van der Waals surface area contributed by atoms with Gasteiger partial charge in [0, 0.05) is 9.92 Å². The zero-order valence-electron chi connectivity index (χ0n) is 10.2. The standard InChI is InChI=1S/C13H13Cl2F3S/c1-2-3-4-11-7-9-5-6-10(14)8-12(9)19(11,15)13(16,17)18/h5-8H,2-4H2,1H3. The summed E-state index contributed by atoms with van der Waals surface area (Å²) in [5.74, 6) is 0. The quantitative estimate of drug-likeness (QED) is 0.577. The number of fused-ring (bicyclic) bond motifs is 1. The largest absolute Gasteiger partial charge is 0.445 e. The molecular formula is C13H13Cl2F3S. The summed E-state index contributed by atoms with van der Waals surface area (Å²) in [6.07, 6.45) is 3.49. The van der Waals surface area contributed by atoms with Crippen LogP contribution in [-0.2, 0) is 0 Å². The Bertz CT molecular complexity index is 525. The fourth-order valence-corrected chi connectivity index (χ4v) is 5.39. The van der Waals surface area contributed by atoms with Gasteiger partial charge in [-0.25, -0.2) is 0 Å². The van der Waals surface area contributed by atoms with Crippen LogP contribution in [-0.4, -0.2) is 5.51 Å². The molecule has 1 aromatic rings. The van der Waals surface area contributed by atoms with E-state index in [9.17, 15) is 13.2 Å². The molecular weight excluding hydrogens is 316 g/mol. The van der Waals surface area contributed by atoms with Gasteiger partial charge >= 0.3 is 5.51 Å². The van der Waals surface area contributed by atoms with Gasteiger partial charge in [0.1, 0.15) is 0 Å². The predicted octanol–water partition coefficient (Wildman–Crippen LogP) is 6.72. The number of hydrogen-bond acceptors (Lipinski definition) is 0. The zero-order valence-corrected chi connectivity index (χ0v) is 12.6. The van der Waals surface area contributed by atoms with Crippen molar-refractivity contribution < 1.29 is 13.2 Å². The first-order valence-corrected chi connectivity index (χ1v) is 8.74. The Kier molecular flexibility index (Phi) is 4.15. The van der Waals surface area contributed by atoms with Crippen molar-refractivity contribution in [3.63, 3.8) is 0 Å². The first kappa shape index (κ1) is 15.1. The van der Waals surface area contributed by atoms with Crippen LogP contribution >= 0.6 is 31.5 Å². The fourth-order valence-electron chi connectivity index (χ4n) is 2.10. The molecule has 19 heavy (non-hydrogen) atoms. The molecule has 0 N–H and O–H groups in total. The fraction of sp³-hybridized carbons (Fsp3) is 0.385. The topological polar surface area (TPSA) is 0 Å². The lowest BCUT2D eigenvalue weighted by Gasteiger charge is -2.34. The van der Waals surface area contributed by atoms with Gasteiger partial charge in [-0.3, -0.25) is 0 Å². The molecule has 0 fully saturated rings. The number of benzene rings is 1. The summed E-state index contributed by atoms with van der Waals surface area (Å²) in [5.41, 5.74) is -3.91. The molecule has 1 heterocycles. The van der Waals surface area contributed by atoms with Crippen molar-refractivity contribution in [2.75, 3.05) is 0 Å². The maximum Gasteiger partial charge on any atom is 0.445 e. The zero-order chi connectivity index (χ0) is 14.3. The summed E-state index contributed by atoms with van der Waals surface area (Å²) in [5, 5.41) is 0.283. The minimum absolute atomic E-state index is 0.125. The first-order chi connectivity index (χ1) is 8.80. The van der Waals surface area contributed by atoms with Crippen molar-refractivity contribution in [2.24, 2.45) is 0 Å². The molecule has 1 atom stereocenters. The van der Waals surface area contributed by atoms with E-state index in [1.807, 2.05) is 6.92 Å². The van der Waals surface area contributed by atoms with Gasteiger partial charge in [-0.15, -0.1) is 0 Å². The second-order valence-electron chi connectivity index (χ2n) is 4.38. The van der Waals surface area contributed by atoms with Crippen LogP contribution in [0.5, 0.6) is 0 Å². The van der Waals surface area contributed by atoms with E-state index >= 15 is 0 Å². The van der Waals surface area contributed by atoms with Crippen LogP contribution in [0.1, 0.15) is 31.7 Å². The number of allylic oxidation sites excluding steroid dienone is 1. The molecule has 0 nitrogen and oxygen atoms in total. The third-order valence-electron chi connectivity index (χ3n) is 3.05. The third kappa shape index (κ3) is 2.50. The predicted molar refractivity (Wildman–Crippen MR) is 76.7 cm³/mol. The summed E-state index contributed by atoms with van der Waals surface area (Å²) in [7, 11) is 2.62. The van der Waals surface area contributed by atoms with Crippen LogP contribution in [0.15, 0.2) is 28.0 Å². The van der Waals surface area contributed by atoms with Crippen molar-refractivity contribution in [3.05, 3.63) is 33.7 Å². The van der Waals surface area contributed by atoms with E-state index in [-0.39, 0.29) is 9.92 Å². The van der Waals surface area contributed by atoms with Gasteiger partial charge in [0.25, 0.3) is 0 Å². The van der Waals surface area contributed by atoms with Gasteiger partial charge in [-0.1, -0.05) is 31.0 Å². The molecule has 1 aliphatic heterocycles. The van der Waals surface area contributed by atoms with Gasteiger partial charge in [0.15, 0.2) is 0 Å². The molecule has 0 aromatic heterocycles. The van der Waals surface area contributed by atoms with Gasteiger partial charge in [0.05, 0.1) is 0 Å². The summed E-state index contributed by atoms with van der Waals surface area (Å²) in [6, 6.07) is 4.54. The highest BCUT2D eigenvalue weighted by Gasteiger charge is 2.55. The van der Waals surface area contributed by atoms with Crippen LogP contribution in [0.4, 0.5) is 13.2 Å². The molecule has 0 spiro atoms. The lowest BCUT2D eigenvalue weighted by atomic mass is 10.2. The van der Waals surface area contributed by atoms with E-state index in [1.165, 1.54) is 6.07 Å². The Labute approximate surface area is 121 Å². The summed E-state index contributed by atoms with van der Waals surface area (Å²) in [6.45, 7) is 1.94. The van der Waals surface area contributed by atoms with Crippen molar-refractivity contribution in [3.8, 4) is 0 Å². The van der Waals surface area contributed by atoms with E-state index in [0.29, 0.717) is 23.3 Å². The Morgan fingerprint density at radius 2 is 1.95 bits per heavy atom. The van der Waals surface area contributed by atoms with Gasteiger partial charge in [-0.2, -0.15) is 13.2 Å². The van der Waals surface area contributed by atoms with E-state index in [1.54, 1.807) is 18.2 Å². The maximum atomic E-state index is 13.5. The molecule has 0 saturated carbocycles. The lowest BCUT2D eigenvalue weighted by Crippen LogP contribution is -2.16. The monoisotopic (exact) mass is 328 g/mol. The van der Waals surface area contributed by atoms with Gasteiger partial charge in [0.2, 0.25) is 0 Å². The highest BCUT2D eigenvalue weighted by atomic mass is 35.7. The van der Waals surface area contributed by atoms with E-state index in [2.05, 4.69) is 0 Å². The molecule has 2 rings (SSSR count). The number of rotatable bonds is 3. The molecule has 0 saturated heterocycles. The maximum absolute atomic E-state index is 13.5. The van der Waals surface area contributed by atoms with Crippen molar-refractivity contribution in [1.82, 2.24) is 0 Å². The van der Waals surface area contributed by atoms with Crippen molar-refractivity contribution >= 4 is 37.6 Å². The van der Waals surface area contributed by atoms with Gasteiger partial charge in [-0.05, 0) is 61.4 Å². The summed E-state index contributed by atoms with van der Waals surface area (Å²) < 4.78 is 40.4. The summed E-state index contributed by atoms with van der Waals surface area (Å²) in [4.78, 5) is 0.418. The Morgan fingerprint density at radius 3 is 2.53 bits per heavy atom. The number of hydrogen-bond donors (Lipinski definition) is 0. The van der Waals surface area contributed by atoms with Crippen LogP contribution in [0, 0.1) is 0 Å². The molecule has 0 radical (unpaired) electrons. The number of alkyl halides is 3. The number of unbranched alkanes of at least 4 members (excludes halogenated alkanes) is 1. The van der Waals surface area contributed by atoms with Gasteiger partial charge < -0.3 is 0 Å². The van der Waals surface area contributed by atoms with E-state index in [0.717, 1.165) is 6.42 Å². The molecule has 106 valence electrons. The van der Waals surface area contributed by atoms with Crippen LogP contribution in [0.25, 0.3) is 6.08 Å². The average Bonchev–Trinajstić information content (AvgIpc) is 2.61. The lowest BCUT2D eigenvalue weighted by molar-refractivity contribution is -0.0359. The van der Waals surface area contributed by atoms with Crippen molar-refractivity contribution in [2.45, 2.75) is 36.6 Å². The highest BCUT2D eigenvalue weighted by molar-refractivity contribution is 8.54. The SMILES string of the molecule is CCCCC1=Cc2ccc(Cl)cc2S1(Cl)C(F)(F)F. The smallest absolute Gasteiger partial charge is 0.160 e. The molecule has 1 unspecified atom stereocenters. The van der Waals surface area contributed by atoms with Crippen molar-refractivity contribution in [1.29, 1.82) is 0 Å². The van der Waals surface area contributed by atoms with Crippen LogP contribution < -0.4 is 0 Å². The Balaban J connectivity index is 2.53. The minimum atomic E-state index is -4.45. The molecule has 0 aliphatic carbocycles. The number of halogens is 5. The molecule has 1 aliphatic rings. The Morgan fingerprint density at radius 1 is 1.26 bits per heavy atom. The molecule has 6 heteroatoms. The third-order valence-corrected chi connectivity index (χ3v) is 7.55. The highest BCUT2D eigenvalue weighted by Crippen LogP contribution is 2.80. The van der Waals surface area contributed by atoms with E-state index in [4.69, 9.17) is 22.3 Å². The minimum Gasteiger partial charge on any atom is -0.160 e. The second-order valence-corrected chi connectivity index (χ2v) is 8.71. The summed E-state index contributed by atoms with van der Waals surface area (Å²) >= 11 is 5.82. The molecule has 0 bridgehead atoms. The van der Waals surface area contributed by atoms with Crippen LogP contribution in [0.2, 0.25) is 5.02 Å². The first-order valence-electron chi connectivity index (χ1n) is 5.90. The second kappa shape index (κ2) is 5.23. The van der Waals surface area contributed by atoms with E-state index < -0.39 is 14.7 Å². The normalized spacial score (nSPS) is 25.7. The molecule has 0 amide bonds. The molecule has 1 aromatic carbocycles.